The molecule has 1 aliphatic rings. The number of carbonyl (C=O) groups excluding carboxylic acids is 2. The Kier molecular flexibility index (Phi) is 6.84. The second-order valence-corrected chi connectivity index (χ2v) is 7.47. The molecule has 144 valence electrons. The minimum Gasteiger partial charge on any atom is -0.494 e. The predicted molar refractivity (Wildman–Crippen MR) is 105 cm³/mol. The number of anilines is 1. The van der Waals surface area contributed by atoms with Gasteiger partial charge in [-0.05, 0) is 48.1 Å². The fourth-order valence-electron chi connectivity index (χ4n) is 3.02. The number of carbonyl (C=O) groups is 2. The van der Waals surface area contributed by atoms with E-state index in [4.69, 9.17) is 4.74 Å². The first kappa shape index (κ1) is 19.4. The van der Waals surface area contributed by atoms with Gasteiger partial charge in [0.1, 0.15) is 5.75 Å². The molecule has 1 aromatic carbocycles. The molecule has 7 heteroatoms. The Balaban J connectivity index is 1.44. The smallest absolute Gasteiger partial charge is 0.224 e. The van der Waals surface area contributed by atoms with E-state index in [1.165, 1.54) is 0 Å². The number of hydrogen-bond donors (Lipinski definition) is 2. The highest BCUT2D eigenvalue weighted by atomic mass is 32.1. The Morgan fingerprint density at radius 1 is 1.30 bits per heavy atom. The Morgan fingerprint density at radius 3 is 2.96 bits per heavy atom. The van der Waals surface area contributed by atoms with Crippen LogP contribution in [0.3, 0.4) is 0 Å². The van der Waals surface area contributed by atoms with Crippen molar-refractivity contribution in [2.75, 3.05) is 25.1 Å². The molecule has 1 aromatic heterocycles. The Bertz CT molecular complexity index is 776. The van der Waals surface area contributed by atoms with Gasteiger partial charge in [-0.1, -0.05) is 6.07 Å². The van der Waals surface area contributed by atoms with Crippen LogP contribution in [-0.4, -0.2) is 41.6 Å². The van der Waals surface area contributed by atoms with Crippen LogP contribution in [0.15, 0.2) is 35.7 Å². The fourth-order valence-corrected chi connectivity index (χ4v) is 3.74. The van der Waals surface area contributed by atoms with Crippen LogP contribution in [0.25, 0.3) is 0 Å². The molecule has 0 unspecified atom stereocenters. The number of ether oxygens (including phenoxy) is 1. The molecular formula is C20H24N2O4S. The van der Waals surface area contributed by atoms with Crippen molar-refractivity contribution in [1.82, 2.24) is 4.90 Å². The number of nitrogens with one attached hydrogen (secondary N) is 1. The minimum absolute atomic E-state index is 0.0224. The summed E-state index contributed by atoms with van der Waals surface area (Å²) in [6.07, 6.45) is 2.21. The van der Waals surface area contributed by atoms with Crippen molar-refractivity contribution in [3.8, 4) is 5.75 Å². The normalized spacial score (nSPS) is 13.0. The summed E-state index contributed by atoms with van der Waals surface area (Å²) in [6, 6.07) is 9.59. The van der Waals surface area contributed by atoms with Crippen molar-refractivity contribution in [2.45, 2.75) is 32.2 Å². The molecule has 0 aliphatic carbocycles. The first-order valence-corrected chi connectivity index (χ1v) is 10.0. The zero-order valence-corrected chi connectivity index (χ0v) is 16.0. The largest absolute Gasteiger partial charge is 0.494 e. The van der Waals surface area contributed by atoms with Gasteiger partial charge in [-0.25, -0.2) is 0 Å². The number of hydrogen-bond acceptors (Lipinski definition) is 5. The van der Waals surface area contributed by atoms with E-state index < -0.39 is 0 Å². The second kappa shape index (κ2) is 9.53. The maximum absolute atomic E-state index is 12.4. The minimum atomic E-state index is -0.0424. The molecule has 0 bridgehead atoms. The monoisotopic (exact) mass is 388 g/mol. The summed E-state index contributed by atoms with van der Waals surface area (Å²) in [5.41, 5.74) is 1.93. The molecule has 27 heavy (non-hydrogen) atoms. The standard InChI is InChI=1S/C20H24N2O4S/c23-10-9-22(14-17-3-2-12-27-17)20(25)4-1-11-26-16-6-7-18-15(13-16)5-8-19(24)21-18/h2-3,6-7,12-13,23H,1,4-5,8-11,14H2,(H,21,24). The summed E-state index contributed by atoms with van der Waals surface area (Å²) >= 11 is 1.61. The molecule has 2 heterocycles. The van der Waals surface area contributed by atoms with Gasteiger partial charge in [0.15, 0.2) is 0 Å². The number of aliphatic hydroxyl groups excluding tert-OH is 1. The Hall–Kier alpha value is -2.38. The zero-order valence-electron chi connectivity index (χ0n) is 15.1. The molecule has 0 fully saturated rings. The van der Waals surface area contributed by atoms with E-state index in [1.54, 1.807) is 16.2 Å². The highest BCUT2D eigenvalue weighted by Gasteiger charge is 2.16. The molecule has 2 aromatic rings. The van der Waals surface area contributed by atoms with E-state index in [1.807, 2.05) is 35.7 Å². The molecule has 3 rings (SSSR count). The third-order valence-electron chi connectivity index (χ3n) is 4.43. The average Bonchev–Trinajstić information content (AvgIpc) is 3.18. The maximum Gasteiger partial charge on any atom is 0.224 e. The molecule has 0 radical (unpaired) electrons. The van der Waals surface area contributed by atoms with Crippen LogP contribution in [0.2, 0.25) is 0 Å². The third-order valence-corrected chi connectivity index (χ3v) is 5.29. The van der Waals surface area contributed by atoms with Crippen molar-refractivity contribution in [3.63, 3.8) is 0 Å². The summed E-state index contributed by atoms with van der Waals surface area (Å²) in [6.45, 7) is 1.28. The van der Waals surface area contributed by atoms with Crippen LogP contribution in [0.5, 0.6) is 5.75 Å². The van der Waals surface area contributed by atoms with E-state index in [2.05, 4.69) is 5.32 Å². The highest BCUT2D eigenvalue weighted by Crippen LogP contribution is 2.26. The summed E-state index contributed by atoms with van der Waals surface area (Å²) in [5.74, 6) is 0.821. The zero-order chi connectivity index (χ0) is 19.1. The number of aryl methyl sites for hydroxylation is 1. The number of rotatable bonds is 9. The van der Waals surface area contributed by atoms with Gasteiger partial charge in [0, 0.05) is 30.0 Å². The van der Waals surface area contributed by atoms with Gasteiger partial charge >= 0.3 is 0 Å². The summed E-state index contributed by atoms with van der Waals surface area (Å²) < 4.78 is 5.76. The van der Waals surface area contributed by atoms with Gasteiger partial charge in [0.05, 0.1) is 19.8 Å². The average molecular weight is 388 g/mol. The lowest BCUT2D eigenvalue weighted by atomic mass is 10.0. The van der Waals surface area contributed by atoms with Crippen LogP contribution < -0.4 is 10.1 Å². The van der Waals surface area contributed by atoms with E-state index in [0.717, 1.165) is 28.3 Å². The number of benzene rings is 1. The summed E-state index contributed by atoms with van der Waals surface area (Å²) in [5, 5.41) is 14.0. The topological polar surface area (TPSA) is 78.9 Å². The van der Waals surface area contributed by atoms with Gasteiger partial charge in [0.25, 0.3) is 0 Å². The lowest BCUT2D eigenvalue weighted by Gasteiger charge is -2.21. The number of amides is 2. The van der Waals surface area contributed by atoms with Crippen molar-refractivity contribution < 1.29 is 19.4 Å². The van der Waals surface area contributed by atoms with Crippen LogP contribution in [-0.2, 0) is 22.6 Å². The first-order valence-electron chi connectivity index (χ1n) is 9.12. The van der Waals surface area contributed by atoms with Crippen LogP contribution in [0.4, 0.5) is 5.69 Å². The second-order valence-electron chi connectivity index (χ2n) is 6.44. The van der Waals surface area contributed by atoms with Gasteiger partial charge in [-0.2, -0.15) is 0 Å². The molecule has 6 nitrogen and oxygen atoms in total. The van der Waals surface area contributed by atoms with Crippen LogP contribution in [0, 0.1) is 0 Å². The maximum atomic E-state index is 12.4. The predicted octanol–water partition coefficient (Wildman–Crippen LogP) is 2.81. The summed E-state index contributed by atoms with van der Waals surface area (Å²) in [7, 11) is 0. The molecule has 0 saturated heterocycles. The molecule has 0 atom stereocenters. The molecule has 0 spiro atoms. The van der Waals surface area contributed by atoms with Crippen LogP contribution >= 0.6 is 11.3 Å². The van der Waals surface area contributed by atoms with Crippen molar-refractivity contribution in [2.24, 2.45) is 0 Å². The van der Waals surface area contributed by atoms with E-state index in [9.17, 15) is 14.7 Å². The number of nitrogens with zero attached hydrogens (tertiary/aromatic N) is 1. The molecule has 1 aliphatic heterocycles. The highest BCUT2D eigenvalue weighted by molar-refractivity contribution is 7.09. The van der Waals surface area contributed by atoms with E-state index in [0.29, 0.717) is 39.0 Å². The van der Waals surface area contributed by atoms with E-state index >= 15 is 0 Å². The molecule has 0 saturated carbocycles. The van der Waals surface area contributed by atoms with Crippen molar-refractivity contribution >= 4 is 28.8 Å². The molecule has 2 amide bonds. The van der Waals surface area contributed by atoms with Gasteiger partial charge in [-0.3, -0.25) is 9.59 Å². The van der Waals surface area contributed by atoms with Crippen molar-refractivity contribution in [3.05, 3.63) is 46.2 Å². The lowest BCUT2D eigenvalue weighted by molar-refractivity contribution is -0.132. The molecule has 2 N–H and O–H groups in total. The van der Waals surface area contributed by atoms with Gasteiger partial charge < -0.3 is 20.1 Å². The third kappa shape index (κ3) is 5.55. The van der Waals surface area contributed by atoms with Crippen LogP contribution in [0.1, 0.15) is 29.7 Å². The quantitative estimate of drug-likeness (QED) is 0.648. The van der Waals surface area contributed by atoms with Crippen molar-refractivity contribution in [1.29, 1.82) is 0 Å². The number of fused-ring (bicyclic) bond motifs is 1. The lowest BCUT2D eigenvalue weighted by Crippen LogP contribution is -2.32. The van der Waals surface area contributed by atoms with E-state index in [-0.39, 0.29) is 18.4 Å². The Labute approximate surface area is 162 Å². The first-order chi connectivity index (χ1) is 13.2. The van der Waals surface area contributed by atoms with Gasteiger partial charge in [0.2, 0.25) is 11.8 Å². The Morgan fingerprint density at radius 2 is 2.19 bits per heavy atom. The van der Waals surface area contributed by atoms with Gasteiger partial charge in [-0.15, -0.1) is 11.3 Å². The SMILES string of the molecule is O=C1CCc2cc(OCCCC(=O)N(CCO)Cc3cccs3)ccc2N1. The number of thiophene rings is 1. The molecular weight excluding hydrogens is 364 g/mol. The number of aliphatic hydroxyl groups is 1. The summed E-state index contributed by atoms with van der Waals surface area (Å²) in [4.78, 5) is 26.6. The fraction of sp³-hybridized carbons (Fsp3) is 0.400.